The number of ether oxygens (including phenoxy) is 1. The van der Waals surface area contributed by atoms with Gasteiger partial charge in [-0.15, -0.1) is 0 Å². The summed E-state index contributed by atoms with van der Waals surface area (Å²) in [7, 11) is 0. The van der Waals surface area contributed by atoms with Crippen LogP contribution >= 0.6 is 0 Å². The van der Waals surface area contributed by atoms with Gasteiger partial charge in [0.15, 0.2) is 0 Å². The molecule has 162 valence electrons. The van der Waals surface area contributed by atoms with Crippen LogP contribution in [0.25, 0.3) is 0 Å². The molecule has 30 heavy (non-hydrogen) atoms. The van der Waals surface area contributed by atoms with Crippen molar-refractivity contribution in [2.45, 2.75) is 45.3 Å². The Labute approximate surface area is 178 Å². The van der Waals surface area contributed by atoms with Gasteiger partial charge in [0.2, 0.25) is 0 Å². The number of anilines is 1. The molecule has 0 radical (unpaired) electrons. The lowest BCUT2D eigenvalue weighted by Crippen LogP contribution is -2.55. The highest BCUT2D eigenvalue weighted by Gasteiger charge is 2.59. The van der Waals surface area contributed by atoms with E-state index >= 15 is 0 Å². The number of hydrogen-bond acceptors (Lipinski definition) is 6. The van der Waals surface area contributed by atoms with Crippen molar-refractivity contribution in [1.29, 1.82) is 0 Å². The first-order chi connectivity index (χ1) is 14.5. The van der Waals surface area contributed by atoms with Crippen molar-refractivity contribution in [3.8, 4) is 0 Å². The van der Waals surface area contributed by atoms with Gasteiger partial charge in [0.25, 0.3) is 0 Å². The van der Waals surface area contributed by atoms with Gasteiger partial charge in [0.05, 0.1) is 12.0 Å². The molecular weight excluding hydrogens is 378 g/mol. The number of hydrogen-bond donors (Lipinski definition) is 1. The minimum absolute atomic E-state index is 0.103. The Morgan fingerprint density at radius 2 is 2.07 bits per heavy atom. The standard InChI is InChI=1S/C24H33N3O3/c1-16-6-5-7-17-14-19-21(22(28)24(16,17)2)18(23(29)30-19)15-26-10-12-27(13-11-26)20-8-3-4-9-25-20/h3-4,7-9,16,18-19,21-22,28H,5-6,10-15H2,1-2H3/t16-,18+,19-,21+,22+,24-/m1/s1. The molecule has 3 fully saturated rings. The highest BCUT2D eigenvalue weighted by Crippen LogP contribution is 2.56. The predicted octanol–water partition coefficient (Wildman–Crippen LogP) is 2.49. The fraction of sp³-hybridized carbons (Fsp3) is 0.667. The monoisotopic (exact) mass is 411 g/mol. The topological polar surface area (TPSA) is 65.9 Å². The Morgan fingerprint density at radius 3 is 2.80 bits per heavy atom. The summed E-state index contributed by atoms with van der Waals surface area (Å²) in [5, 5.41) is 11.5. The second-order valence-corrected chi connectivity index (χ2v) is 9.77. The second kappa shape index (κ2) is 7.65. The number of pyridine rings is 1. The second-order valence-electron chi connectivity index (χ2n) is 9.77. The number of nitrogens with zero attached hydrogens (tertiary/aromatic N) is 3. The lowest BCUT2D eigenvalue weighted by molar-refractivity contribution is -0.145. The fourth-order valence-electron chi connectivity index (χ4n) is 6.25. The third-order valence-corrected chi connectivity index (χ3v) is 8.37. The van der Waals surface area contributed by atoms with Crippen molar-refractivity contribution in [1.82, 2.24) is 9.88 Å². The maximum atomic E-state index is 12.8. The van der Waals surface area contributed by atoms with Gasteiger partial charge in [-0.1, -0.05) is 31.6 Å². The molecule has 0 unspecified atom stereocenters. The van der Waals surface area contributed by atoms with E-state index in [0.717, 1.165) is 51.3 Å². The normalized spacial score (nSPS) is 39.2. The molecule has 6 heteroatoms. The Balaban J connectivity index is 1.28. The van der Waals surface area contributed by atoms with E-state index < -0.39 is 6.10 Å². The summed E-state index contributed by atoms with van der Waals surface area (Å²) < 4.78 is 5.82. The molecule has 6 nitrogen and oxygen atoms in total. The summed E-state index contributed by atoms with van der Waals surface area (Å²) >= 11 is 0. The number of piperazine rings is 1. The van der Waals surface area contributed by atoms with Gasteiger partial charge in [-0.3, -0.25) is 9.69 Å². The van der Waals surface area contributed by atoms with Crippen molar-refractivity contribution in [3.05, 3.63) is 36.0 Å². The molecule has 0 spiro atoms. The van der Waals surface area contributed by atoms with Crippen molar-refractivity contribution in [3.63, 3.8) is 0 Å². The summed E-state index contributed by atoms with van der Waals surface area (Å²) in [5.41, 5.74) is 1.07. The van der Waals surface area contributed by atoms with Gasteiger partial charge < -0.3 is 14.7 Å². The lowest BCUT2D eigenvalue weighted by atomic mass is 9.55. The van der Waals surface area contributed by atoms with Gasteiger partial charge in [-0.25, -0.2) is 4.98 Å². The Morgan fingerprint density at radius 1 is 1.27 bits per heavy atom. The first kappa shape index (κ1) is 20.0. The van der Waals surface area contributed by atoms with Crippen LogP contribution in [0.4, 0.5) is 5.82 Å². The number of allylic oxidation sites excluding steroid dienone is 1. The zero-order valence-corrected chi connectivity index (χ0v) is 18.0. The minimum Gasteiger partial charge on any atom is -0.461 e. The smallest absolute Gasteiger partial charge is 0.311 e. The van der Waals surface area contributed by atoms with E-state index in [1.807, 2.05) is 24.4 Å². The molecule has 1 N–H and O–H groups in total. The predicted molar refractivity (Wildman–Crippen MR) is 115 cm³/mol. The van der Waals surface area contributed by atoms with E-state index in [0.29, 0.717) is 12.5 Å². The Kier molecular flexibility index (Phi) is 5.10. The van der Waals surface area contributed by atoms with Crippen LogP contribution in [-0.2, 0) is 9.53 Å². The molecular formula is C24H33N3O3. The van der Waals surface area contributed by atoms with Crippen LogP contribution in [0.5, 0.6) is 0 Å². The van der Waals surface area contributed by atoms with Crippen LogP contribution in [0, 0.1) is 23.2 Å². The van der Waals surface area contributed by atoms with Crippen LogP contribution in [0.15, 0.2) is 36.0 Å². The molecule has 2 aliphatic carbocycles. The Hall–Kier alpha value is -1.92. The molecule has 5 rings (SSSR count). The molecule has 2 saturated heterocycles. The van der Waals surface area contributed by atoms with E-state index in [1.54, 1.807) is 0 Å². The van der Waals surface area contributed by atoms with Crippen LogP contribution in [-0.4, -0.2) is 65.9 Å². The summed E-state index contributed by atoms with van der Waals surface area (Å²) in [6, 6.07) is 6.00. The van der Waals surface area contributed by atoms with Gasteiger partial charge in [0, 0.05) is 56.7 Å². The van der Waals surface area contributed by atoms with Gasteiger partial charge in [0.1, 0.15) is 11.9 Å². The average molecular weight is 412 g/mol. The number of aliphatic hydroxyl groups excluding tert-OH is 1. The van der Waals surface area contributed by atoms with Gasteiger partial charge in [-0.2, -0.15) is 0 Å². The number of carbonyl (C=O) groups excluding carboxylic acids is 1. The number of carbonyl (C=O) groups is 1. The third kappa shape index (κ3) is 3.16. The average Bonchev–Trinajstić information content (AvgIpc) is 3.07. The summed E-state index contributed by atoms with van der Waals surface area (Å²) in [4.78, 5) is 21.9. The number of rotatable bonds is 3. The van der Waals surface area contributed by atoms with Gasteiger partial charge in [-0.05, 0) is 30.9 Å². The van der Waals surface area contributed by atoms with Crippen molar-refractivity contribution >= 4 is 11.8 Å². The molecule has 1 saturated carbocycles. The molecule has 4 aliphatic rings. The van der Waals surface area contributed by atoms with Crippen LogP contribution in [0.1, 0.15) is 33.1 Å². The maximum Gasteiger partial charge on any atom is 0.311 e. The summed E-state index contributed by atoms with van der Waals surface area (Å²) in [6.45, 7) is 8.72. The van der Waals surface area contributed by atoms with Crippen molar-refractivity contribution < 1.29 is 14.6 Å². The maximum absolute atomic E-state index is 12.8. The molecule has 2 aliphatic heterocycles. The molecule has 0 bridgehead atoms. The van der Waals surface area contributed by atoms with Crippen LogP contribution in [0.2, 0.25) is 0 Å². The lowest BCUT2D eigenvalue weighted by Gasteiger charge is -2.52. The zero-order chi connectivity index (χ0) is 20.9. The van der Waals surface area contributed by atoms with E-state index in [2.05, 4.69) is 34.7 Å². The van der Waals surface area contributed by atoms with Gasteiger partial charge >= 0.3 is 5.97 Å². The first-order valence-electron chi connectivity index (χ1n) is 11.4. The molecule has 0 amide bonds. The van der Waals surface area contributed by atoms with Crippen molar-refractivity contribution in [2.75, 3.05) is 37.6 Å². The first-order valence-corrected chi connectivity index (χ1v) is 11.4. The molecule has 1 aromatic heterocycles. The largest absolute Gasteiger partial charge is 0.461 e. The highest BCUT2D eigenvalue weighted by molar-refractivity contribution is 5.76. The molecule has 0 aromatic carbocycles. The van der Waals surface area contributed by atoms with E-state index in [-0.39, 0.29) is 29.3 Å². The minimum atomic E-state index is -0.524. The highest BCUT2D eigenvalue weighted by atomic mass is 16.6. The summed E-state index contributed by atoms with van der Waals surface area (Å²) in [6.07, 6.45) is 6.38. The molecule has 1 aromatic rings. The number of esters is 1. The SMILES string of the molecule is C[C@@H]1CCC=C2C[C@H]3OC(=O)[C@@H](CN4CCN(c5ccccn5)CC4)[C@@H]3[C@H](O)[C@@]21C. The van der Waals surface area contributed by atoms with Crippen molar-refractivity contribution in [2.24, 2.45) is 23.2 Å². The molecule has 6 atom stereocenters. The van der Waals surface area contributed by atoms with Crippen LogP contribution < -0.4 is 4.90 Å². The quantitative estimate of drug-likeness (QED) is 0.609. The van der Waals surface area contributed by atoms with Crippen LogP contribution in [0.3, 0.4) is 0 Å². The Bertz CT molecular complexity index is 820. The van der Waals surface area contributed by atoms with E-state index in [4.69, 9.17) is 4.74 Å². The zero-order valence-electron chi connectivity index (χ0n) is 18.0. The fourth-order valence-corrected chi connectivity index (χ4v) is 6.25. The third-order valence-electron chi connectivity index (χ3n) is 8.37. The van der Waals surface area contributed by atoms with E-state index in [9.17, 15) is 9.90 Å². The number of aromatic nitrogens is 1. The number of fused-ring (bicyclic) bond motifs is 2. The number of aliphatic hydroxyl groups is 1. The summed E-state index contributed by atoms with van der Waals surface area (Å²) in [5.74, 6) is 0.977. The molecule has 3 heterocycles. The van der Waals surface area contributed by atoms with E-state index in [1.165, 1.54) is 5.57 Å².